The molecule has 1 aromatic carbocycles. The summed E-state index contributed by atoms with van der Waals surface area (Å²) in [4.78, 5) is 41.5. The lowest BCUT2D eigenvalue weighted by atomic mass is 10.2. The van der Waals surface area contributed by atoms with E-state index in [1.54, 1.807) is 0 Å². The van der Waals surface area contributed by atoms with Crippen molar-refractivity contribution in [2.45, 2.75) is 32.9 Å². The largest absolute Gasteiger partial charge is 0.472 e. The maximum absolute atomic E-state index is 13.1. The summed E-state index contributed by atoms with van der Waals surface area (Å²) < 4.78 is 6.30. The predicted molar refractivity (Wildman–Crippen MR) is 106 cm³/mol. The van der Waals surface area contributed by atoms with Crippen LogP contribution in [-0.4, -0.2) is 15.5 Å². The van der Waals surface area contributed by atoms with Crippen LogP contribution >= 0.6 is 0 Å². The molecule has 2 heterocycles. The Morgan fingerprint density at radius 1 is 1.21 bits per heavy atom. The van der Waals surface area contributed by atoms with Crippen molar-refractivity contribution in [2.75, 3.05) is 10.6 Å². The third-order valence-electron chi connectivity index (χ3n) is 4.42. The van der Waals surface area contributed by atoms with E-state index in [9.17, 15) is 14.4 Å². The van der Waals surface area contributed by atoms with E-state index in [4.69, 9.17) is 10.2 Å². The molecule has 8 nitrogen and oxygen atoms in total. The fraction of sp³-hybridized carbons (Fsp3) is 0.250. The number of benzene rings is 1. The standard InChI is InChI=1S/C20H22N4O4/c1-2-3-10-23-17(21)16(18(25)22-20(23)27)24(12-14-7-5-4-6-8-14)19(26)15-9-11-28-13-15/h4-9,11,13H,2-3,10,12,21H2,1H3,(H,22,25,27). The summed E-state index contributed by atoms with van der Waals surface area (Å²) in [6.45, 7) is 2.45. The van der Waals surface area contributed by atoms with Crippen LogP contribution in [0.1, 0.15) is 35.7 Å². The highest BCUT2D eigenvalue weighted by Gasteiger charge is 2.26. The second-order valence-corrected chi connectivity index (χ2v) is 6.39. The van der Waals surface area contributed by atoms with Crippen LogP contribution in [0.15, 0.2) is 62.9 Å². The van der Waals surface area contributed by atoms with Crippen LogP contribution in [-0.2, 0) is 13.1 Å². The van der Waals surface area contributed by atoms with Crippen LogP contribution in [0.5, 0.6) is 0 Å². The summed E-state index contributed by atoms with van der Waals surface area (Å²) in [6, 6.07) is 10.7. The normalized spacial score (nSPS) is 10.8. The van der Waals surface area contributed by atoms with E-state index in [0.29, 0.717) is 13.0 Å². The number of nitrogens with two attached hydrogens (primary N) is 1. The molecule has 28 heavy (non-hydrogen) atoms. The van der Waals surface area contributed by atoms with Crippen LogP contribution in [0.25, 0.3) is 0 Å². The average molecular weight is 382 g/mol. The van der Waals surface area contributed by atoms with Crippen molar-refractivity contribution >= 4 is 17.4 Å². The molecule has 146 valence electrons. The Morgan fingerprint density at radius 2 is 1.96 bits per heavy atom. The molecule has 0 atom stereocenters. The molecule has 0 unspecified atom stereocenters. The van der Waals surface area contributed by atoms with E-state index in [2.05, 4.69) is 4.98 Å². The Morgan fingerprint density at radius 3 is 2.61 bits per heavy atom. The van der Waals surface area contributed by atoms with Gasteiger partial charge < -0.3 is 10.2 Å². The van der Waals surface area contributed by atoms with Crippen molar-refractivity contribution in [2.24, 2.45) is 0 Å². The van der Waals surface area contributed by atoms with Gasteiger partial charge in [0.15, 0.2) is 5.69 Å². The molecule has 0 radical (unpaired) electrons. The number of carbonyl (C=O) groups is 1. The number of rotatable bonds is 7. The molecule has 0 saturated carbocycles. The Kier molecular flexibility index (Phi) is 5.78. The monoisotopic (exact) mass is 382 g/mol. The number of unbranched alkanes of at least 4 members (excludes halogenated alkanes) is 1. The molecule has 0 bridgehead atoms. The summed E-state index contributed by atoms with van der Waals surface area (Å²) in [7, 11) is 0. The number of aromatic amines is 1. The first-order valence-corrected chi connectivity index (χ1v) is 9.03. The summed E-state index contributed by atoms with van der Waals surface area (Å²) in [5.74, 6) is -0.481. The lowest BCUT2D eigenvalue weighted by Crippen LogP contribution is -2.40. The number of nitrogens with zero attached hydrogens (tertiary/aromatic N) is 2. The molecule has 0 fully saturated rings. The van der Waals surface area contributed by atoms with Crippen molar-refractivity contribution in [3.05, 3.63) is 80.9 Å². The molecule has 0 saturated heterocycles. The van der Waals surface area contributed by atoms with Crippen molar-refractivity contribution < 1.29 is 9.21 Å². The molecule has 3 aromatic rings. The quantitative estimate of drug-likeness (QED) is 0.651. The van der Waals surface area contributed by atoms with E-state index in [0.717, 1.165) is 12.0 Å². The highest BCUT2D eigenvalue weighted by molar-refractivity contribution is 6.06. The fourth-order valence-electron chi connectivity index (χ4n) is 2.94. The minimum absolute atomic E-state index is 0.0324. The summed E-state index contributed by atoms with van der Waals surface area (Å²) >= 11 is 0. The second-order valence-electron chi connectivity index (χ2n) is 6.39. The number of carbonyl (C=O) groups excluding carboxylic acids is 1. The molecule has 1 amide bonds. The maximum Gasteiger partial charge on any atom is 0.330 e. The van der Waals surface area contributed by atoms with Crippen LogP contribution in [0.2, 0.25) is 0 Å². The summed E-state index contributed by atoms with van der Waals surface area (Å²) in [5.41, 5.74) is 5.94. The van der Waals surface area contributed by atoms with Crippen LogP contribution < -0.4 is 21.9 Å². The van der Waals surface area contributed by atoms with Crippen molar-refractivity contribution in [3.8, 4) is 0 Å². The van der Waals surface area contributed by atoms with Crippen molar-refractivity contribution in [1.29, 1.82) is 0 Å². The number of amides is 1. The van der Waals surface area contributed by atoms with E-state index >= 15 is 0 Å². The number of nitrogens with one attached hydrogen (secondary N) is 1. The van der Waals surface area contributed by atoms with E-state index in [1.165, 1.54) is 28.1 Å². The lowest BCUT2D eigenvalue weighted by molar-refractivity contribution is 0.0984. The number of hydrogen-bond donors (Lipinski definition) is 2. The highest BCUT2D eigenvalue weighted by atomic mass is 16.3. The molecule has 0 spiro atoms. The van der Waals surface area contributed by atoms with Gasteiger partial charge in [-0.1, -0.05) is 43.7 Å². The topological polar surface area (TPSA) is 114 Å². The zero-order valence-electron chi connectivity index (χ0n) is 15.6. The summed E-state index contributed by atoms with van der Waals surface area (Å²) in [6.07, 6.45) is 4.24. The number of nitrogen functional groups attached to an aromatic ring is 1. The first kappa shape index (κ1) is 19.2. The van der Waals surface area contributed by atoms with Crippen molar-refractivity contribution in [1.82, 2.24) is 9.55 Å². The van der Waals surface area contributed by atoms with E-state index in [-0.39, 0.29) is 23.6 Å². The molecular weight excluding hydrogens is 360 g/mol. The molecule has 0 aliphatic rings. The smallest absolute Gasteiger partial charge is 0.330 e. The molecule has 3 rings (SSSR count). The highest BCUT2D eigenvalue weighted by Crippen LogP contribution is 2.22. The molecule has 0 aliphatic heterocycles. The van der Waals surface area contributed by atoms with Gasteiger partial charge in [0.2, 0.25) is 0 Å². The average Bonchev–Trinajstić information content (AvgIpc) is 3.22. The van der Waals surface area contributed by atoms with Crippen LogP contribution in [0.4, 0.5) is 11.5 Å². The number of H-pyrrole nitrogens is 1. The van der Waals surface area contributed by atoms with Gasteiger partial charge in [-0.15, -0.1) is 0 Å². The van der Waals surface area contributed by atoms with Gasteiger partial charge in [-0.25, -0.2) is 4.79 Å². The lowest BCUT2D eigenvalue weighted by Gasteiger charge is -2.24. The number of anilines is 2. The molecule has 8 heteroatoms. The minimum atomic E-state index is -0.706. The van der Waals surface area contributed by atoms with Gasteiger partial charge in [0, 0.05) is 6.54 Å². The zero-order chi connectivity index (χ0) is 20.1. The zero-order valence-corrected chi connectivity index (χ0v) is 15.6. The number of furan rings is 1. The Bertz CT molecular complexity index is 1050. The third-order valence-corrected chi connectivity index (χ3v) is 4.42. The summed E-state index contributed by atoms with van der Waals surface area (Å²) in [5, 5.41) is 0. The Labute approximate surface area is 161 Å². The fourth-order valence-corrected chi connectivity index (χ4v) is 2.94. The first-order valence-electron chi connectivity index (χ1n) is 9.03. The van der Waals surface area contributed by atoms with Gasteiger partial charge in [-0.3, -0.25) is 24.0 Å². The van der Waals surface area contributed by atoms with Crippen molar-refractivity contribution in [3.63, 3.8) is 0 Å². The van der Waals surface area contributed by atoms with E-state index in [1.807, 2.05) is 37.3 Å². The molecular formula is C20H22N4O4. The van der Waals surface area contributed by atoms with Crippen LogP contribution in [0.3, 0.4) is 0 Å². The van der Waals surface area contributed by atoms with Crippen LogP contribution in [0, 0.1) is 0 Å². The first-order chi connectivity index (χ1) is 13.5. The van der Waals surface area contributed by atoms with Gasteiger partial charge in [-0.05, 0) is 18.1 Å². The van der Waals surface area contributed by atoms with Gasteiger partial charge in [-0.2, -0.15) is 0 Å². The van der Waals surface area contributed by atoms with E-state index < -0.39 is 17.2 Å². The second kappa shape index (κ2) is 8.43. The van der Waals surface area contributed by atoms with Gasteiger partial charge in [0.25, 0.3) is 11.5 Å². The Balaban J connectivity index is 2.13. The molecule has 3 N–H and O–H groups in total. The van der Waals surface area contributed by atoms with Gasteiger partial charge in [0.05, 0.1) is 18.4 Å². The molecule has 2 aromatic heterocycles. The number of hydrogen-bond acceptors (Lipinski definition) is 5. The third kappa shape index (κ3) is 3.90. The predicted octanol–water partition coefficient (Wildman–Crippen LogP) is 2.36. The minimum Gasteiger partial charge on any atom is -0.472 e. The van der Waals surface area contributed by atoms with Gasteiger partial charge in [0.1, 0.15) is 12.1 Å². The maximum atomic E-state index is 13.1. The molecule has 0 aliphatic carbocycles. The number of aromatic nitrogens is 2. The SMILES string of the molecule is CCCCn1c(N)c(N(Cc2ccccc2)C(=O)c2ccoc2)c(=O)[nH]c1=O. The van der Waals surface area contributed by atoms with Gasteiger partial charge >= 0.3 is 5.69 Å². The Hall–Kier alpha value is -3.55.